The van der Waals surface area contributed by atoms with Crippen LogP contribution in [0.5, 0.6) is 0 Å². The van der Waals surface area contributed by atoms with Crippen LogP contribution in [0.2, 0.25) is 5.02 Å². The molecular formula is C22H24ClFN4O. The molecule has 1 aliphatic rings. The van der Waals surface area contributed by atoms with Gasteiger partial charge in [0, 0.05) is 49.3 Å². The maximum Gasteiger partial charge on any atom is 0.133 e. The zero-order valence-corrected chi connectivity index (χ0v) is 17.1. The summed E-state index contributed by atoms with van der Waals surface area (Å²) in [7, 11) is 1.98. The van der Waals surface area contributed by atoms with Crippen LogP contribution in [-0.4, -0.2) is 47.8 Å². The number of rotatable bonds is 6. The molecule has 2 aromatic carbocycles. The number of morpholine rings is 1. The smallest absolute Gasteiger partial charge is 0.133 e. The maximum absolute atomic E-state index is 13.3. The number of imidazole rings is 1. The largest absolute Gasteiger partial charge is 0.379 e. The zero-order chi connectivity index (χ0) is 20.2. The molecule has 0 spiro atoms. The Morgan fingerprint density at radius 1 is 1.07 bits per heavy atom. The Balaban J connectivity index is 1.60. The lowest BCUT2D eigenvalue weighted by Crippen LogP contribution is -2.35. The highest BCUT2D eigenvalue weighted by Crippen LogP contribution is 2.21. The molecule has 1 saturated heterocycles. The first-order valence-electron chi connectivity index (χ1n) is 9.68. The summed E-state index contributed by atoms with van der Waals surface area (Å²) in [6.45, 7) is 4.74. The highest BCUT2D eigenvalue weighted by molar-refractivity contribution is 6.30. The second kappa shape index (κ2) is 8.95. The molecule has 0 amide bonds. The fraction of sp³-hybridized carbons (Fsp3) is 0.318. The van der Waals surface area contributed by atoms with Crippen molar-refractivity contribution in [2.24, 2.45) is 0 Å². The number of nitrogens with zero attached hydrogens (tertiary/aromatic N) is 4. The van der Waals surface area contributed by atoms with Crippen LogP contribution >= 0.6 is 11.6 Å². The van der Waals surface area contributed by atoms with Gasteiger partial charge in [-0.25, -0.2) is 9.37 Å². The van der Waals surface area contributed by atoms with Crippen molar-refractivity contribution in [3.05, 3.63) is 77.1 Å². The molecule has 2 heterocycles. The Kier molecular flexibility index (Phi) is 6.13. The van der Waals surface area contributed by atoms with Crippen LogP contribution in [0.4, 0.5) is 10.1 Å². The molecule has 29 heavy (non-hydrogen) atoms. The van der Waals surface area contributed by atoms with E-state index < -0.39 is 0 Å². The summed E-state index contributed by atoms with van der Waals surface area (Å²) in [5, 5.41) is 0.701. The summed E-state index contributed by atoms with van der Waals surface area (Å²) in [4.78, 5) is 9.33. The first kappa shape index (κ1) is 19.9. The first-order valence-corrected chi connectivity index (χ1v) is 10.1. The third-order valence-corrected chi connectivity index (χ3v) is 5.32. The molecule has 0 bridgehead atoms. The van der Waals surface area contributed by atoms with Crippen molar-refractivity contribution in [1.82, 2.24) is 14.5 Å². The van der Waals surface area contributed by atoms with Crippen LogP contribution in [0.15, 0.2) is 54.7 Å². The average molecular weight is 415 g/mol. The monoisotopic (exact) mass is 414 g/mol. The van der Waals surface area contributed by atoms with Crippen LogP contribution in [0.1, 0.15) is 11.5 Å². The van der Waals surface area contributed by atoms with Gasteiger partial charge in [0.25, 0.3) is 0 Å². The fourth-order valence-electron chi connectivity index (χ4n) is 3.47. The Labute approximate surface area is 175 Å². The standard InChI is InChI=1S/C22H24ClFN4O/c1-26(20-8-4-18(24)5-9-20)16-22-25-19(14-27-10-12-29-13-11-27)15-28(22)21-6-2-17(23)3-7-21/h2-9,15H,10-14,16H2,1H3. The van der Waals surface area contributed by atoms with Gasteiger partial charge in [-0.3, -0.25) is 4.90 Å². The fourth-order valence-corrected chi connectivity index (χ4v) is 3.60. The van der Waals surface area contributed by atoms with Crippen molar-refractivity contribution in [2.75, 3.05) is 38.3 Å². The van der Waals surface area contributed by atoms with E-state index in [0.29, 0.717) is 11.6 Å². The van der Waals surface area contributed by atoms with Crippen molar-refractivity contribution >= 4 is 17.3 Å². The number of hydrogen-bond donors (Lipinski definition) is 0. The Morgan fingerprint density at radius 2 is 1.76 bits per heavy atom. The van der Waals surface area contributed by atoms with Gasteiger partial charge in [-0.2, -0.15) is 0 Å². The zero-order valence-electron chi connectivity index (χ0n) is 16.4. The molecule has 7 heteroatoms. The number of hydrogen-bond acceptors (Lipinski definition) is 4. The predicted octanol–water partition coefficient (Wildman–Crippen LogP) is 4.13. The molecule has 0 N–H and O–H groups in total. The number of benzene rings is 2. The SMILES string of the molecule is CN(Cc1nc(CN2CCOCC2)cn1-c1ccc(Cl)cc1)c1ccc(F)cc1. The van der Waals surface area contributed by atoms with Crippen LogP contribution in [0.3, 0.4) is 0 Å². The van der Waals surface area contributed by atoms with E-state index in [4.69, 9.17) is 21.3 Å². The molecule has 4 rings (SSSR count). The van der Waals surface area contributed by atoms with Crippen molar-refractivity contribution < 1.29 is 9.13 Å². The van der Waals surface area contributed by atoms with E-state index in [2.05, 4.69) is 20.6 Å². The number of aromatic nitrogens is 2. The molecule has 0 saturated carbocycles. The summed E-state index contributed by atoms with van der Waals surface area (Å²) in [5.41, 5.74) is 2.97. The third kappa shape index (κ3) is 4.96. The Bertz CT molecular complexity index is 936. The molecule has 1 aromatic heterocycles. The molecule has 1 aliphatic heterocycles. The number of halogens is 2. The molecule has 152 valence electrons. The molecule has 0 radical (unpaired) electrons. The lowest BCUT2D eigenvalue weighted by Gasteiger charge is -2.25. The predicted molar refractivity (Wildman–Crippen MR) is 113 cm³/mol. The van der Waals surface area contributed by atoms with Gasteiger partial charge in [0.2, 0.25) is 0 Å². The minimum atomic E-state index is -0.238. The van der Waals surface area contributed by atoms with Crippen LogP contribution in [0, 0.1) is 5.82 Å². The van der Waals surface area contributed by atoms with Gasteiger partial charge in [0.15, 0.2) is 0 Å². The molecule has 5 nitrogen and oxygen atoms in total. The van der Waals surface area contributed by atoms with Gasteiger partial charge in [-0.05, 0) is 48.5 Å². The van der Waals surface area contributed by atoms with E-state index in [9.17, 15) is 4.39 Å². The quantitative estimate of drug-likeness (QED) is 0.607. The van der Waals surface area contributed by atoms with Gasteiger partial charge in [0.1, 0.15) is 11.6 Å². The Morgan fingerprint density at radius 3 is 2.45 bits per heavy atom. The second-order valence-electron chi connectivity index (χ2n) is 7.22. The lowest BCUT2D eigenvalue weighted by atomic mass is 10.3. The van der Waals surface area contributed by atoms with Crippen molar-refractivity contribution in [1.29, 1.82) is 0 Å². The summed E-state index contributed by atoms with van der Waals surface area (Å²) < 4.78 is 20.8. The van der Waals surface area contributed by atoms with Gasteiger partial charge in [-0.1, -0.05) is 11.6 Å². The first-order chi connectivity index (χ1) is 14.1. The number of ether oxygens (including phenoxy) is 1. The van der Waals surface area contributed by atoms with E-state index in [1.54, 1.807) is 12.1 Å². The maximum atomic E-state index is 13.3. The van der Waals surface area contributed by atoms with E-state index in [0.717, 1.165) is 55.7 Å². The molecule has 0 atom stereocenters. The lowest BCUT2D eigenvalue weighted by molar-refractivity contribution is 0.0337. The minimum absolute atomic E-state index is 0.238. The summed E-state index contributed by atoms with van der Waals surface area (Å²) in [6.07, 6.45) is 2.09. The summed E-state index contributed by atoms with van der Waals surface area (Å²) in [5.74, 6) is 0.681. The Hall–Kier alpha value is -2.41. The van der Waals surface area contributed by atoms with Crippen molar-refractivity contribution in [3.63, 3.8) is 0 Å². The molecular weight excluding hydrogens is 391 g/mol. The van der Waals surface area contributed by atoms with Crippen LogP contribution in [0.25, 0.3) is 5.69 Å². The minimum Gasteiger partial charge on any atom is -0.379 e. The molecule has 0 aliphatic carbocycles. The van der Waals surface area contributed by atoms with Gasteiger partial charge in [-0.15, -0.1) is 0 Å². The van der Waals surface area contributed by atoms with Crippen molar-refractivity contribution in [2.45, 2.75) is 13.1 Å². The van der Waals surface area contributed by atoms with E-state index in [-0.39, 0.29) is 5.82 Å². The summed E-state index contributed by atoms with van der Waals surface area (Å²) in [6, 6.07) is 14.2. The highest BCUT2D eigenvalue weighted by Gasteiger charge is 2.16. The van der Waals surface area contributed by atoms with Gasteiger partial charge < -0.3 is 14.2 Å². The normalized spacial score (nSPS) is 14.9. The van der Waals surface area contributed by atoms with Crippen molar-refractivity contribution in [3.8, 4) is 5.69 Å². The molecule has 3 aromatic rings. The van der Waals surface area contributed by atoms with Gasteiger partial charge >= 0.3 is 0 Å². The molecule has 0 unspecified atom stereocenters. The number of anilines is 1. The van der Waals surface area contributed by atoms with E-state index in [1.807, 2.05) is 31.3 Å². The molecule has 1 fully saturated rings. The highest BCUT2D eigenvalue weighted by atomic mass is 35.5. The van der Waals surface area contributed by atoms with Crippen LogP contribution in [-0.2, 0) is 17.8 Å². The average Bonchev–Trinajstić information content (AvgIpc) is 3.11. The third-order valence-electron chi connectivity index (χ3n) is 5.07. The second-order valence-corrected chi connectivity index (χ2v) is 7.65. The van der Waals surface area contributed by atoms with E-state index in [1.165, 1.54) is 12.1 Å². The van der Waals surface area contributed by atoms with E-state index >= 15 is 0 Å². The van der Waals surface area contributed by atoms with Crippen LogP contribution < -0.4 is 4.90 Å². The summed E-state index contributed by atoms with van der Waals surface area (Å²) >= 11 is 6.07. The topological polar surface area (TPSA) is 33.5 Å². The van der Waals surface area contributed by atoms with Gasteiger partial charge in [0.05, 0.1) is 25.5 Å².